The lowest BCUT2D eigenvalue weighted by molar-refractivity contribution is -0.185. The summed E-state index contributed by atoms with van der Waals surface area (Å²) in [4.78, 5) is 15.8. The minimum Gasteiger partial charge on any atom is -0.504 e. The van der Waals surface area contributed by atoms with Crippen LogP contribution >= 0.6 is 0 Å². The number of piperidine rings is 1. The lowest BCUT2D eigenvalue weighted by Gasteiger charge is -2.64. The second-order valence-electron chi connectivity index (χ2n) is 11.6. The van der Waals surface area contributed by atoms with Gasteiger partial charge < -0.3 is 25.2 Å². The molecule has 6 atom stereocenters. The van der Waals surface area contributed by atoms with Crippen molar-refractivity contribution in [2.45, 2.75) is 74.3 Å². The zero-order valence-electron chi connectivity index (χ0n) is 19.2. The summed E-state index contributed by atoms with van der Waals surface area (Å²) in [5, 5.41) is 27.1. The molecule has 6 nitrogen and oxygen atoms in total. The standard InChI is InChI=1S/C28H30N2O4/c31-20-8-7-16-12-21-28(33)13-18(11-15-5-6-15)23(30-14-17-3-1-2-4-19(17)26(30)32)25-27(28,9-10-29-21)22(16)24(20)34-25/h1-4,7-8,15,18,21,23,25,29,31,33H,5-6,9-14H2/t18?,21-,23-,25+,27+,28?/m1/s1. The first kappa shape index (κ1) is 19.7. The van der Waals surface area contributed by atoms with Gasteiger partial charge in [-0.25, -0.2) is 0 Å². The van der Waals surface area contributed by atoms with Crippen LogP contribution in [-0.2, 0) is 18.4 Å². The molecule has 1 spiro atoms. The van der Waals surface area contributed by atoms with Gasteiger partial charge in [0.2, 0.25) is 0 Å². The van der Waals surface area contributed by atoms with E-state index in [1.165, 1.54) is 12.8 Å². The molecule has 34 heavy (non-hydrogen) atoms. The van der Waals surface area contributed by atoms with Gasteiger partial charge in [0.15, 0.2) is 11.5 Å². The van der Waals surface area contributed by atoms with E-state index in [1.807, 2.05) is 29.2 Å². The molecule has 2 aromatic carbocycles. The van der Waals surface area contributed by atoms with Crippen LogP contribution in [0, 0.1) is 11.8 Å². The number of nitrogens with one attached hydrogen (secondary N) is 1. The van der Waals surface area contributed by atoms with Crippen molar-refractivity contribution in [1.82, 2.24) is 10.2 Å². The molecule has 2 bridgehead atoms. The van der Waals surface area contributed by atoms with Crippen LogP contribution in [0.2, 0.25) is 0 Å². The molecule has 2 unspecified atom stereocenters. The summed E-state index contributed by atoms with van der Waals surface area (Å²) in [6, 6.07) is 11.5. The van der Waals surface area contributed by atoms with Gasteiger partial charge in [0.05, 0.1) is 17.1 Å². The molecule has 1 amide bonds. The fourth-order valence-corrected chi connectivity index (χ4v) is 8.48. The number of hydrogen-bond donors (Lipinski definition) is 3. The van der Waals surface area contributed by atoms with Crippen LogP contribution < -0.4 is 10.1 Å². The maximum Gasteiger partial charge on any atom is 0.254 e. The molecule has 0 aromatic heterocycles. The van der Waals surface area contributed by atoms with Gasteiger partial charge in [-0.3, -0.25) is 4.79 Å². The zero-order valence-corrected chi connectivity index (χ0v) is 19.2. The number of fused-ring (bicyclic) bond motifs is 1. The van der Waals surface area contributed by atoms with E-state index >= 15 is 0 Å². The number of carbonyl (C=O) groups excluding carboxylic acids is 1. The number of rotatable bonds is 3. The number of nitrogens with zero attached hydrogens (tertiary/aromatic N) is 1. The summed E-state index contributed by atoms with van der Waals surface area (Å²) >= 11 is 0. The Labute approximate surface area is 198 Å². The molecule has 3 N–H and O–H groups in total. The van der Waals surface area contributed by atoms with E-state index in [2.05, 4.69) is 11.4 Å². The summed E-state index contributed by atoms with van der Waals surface area (Å²) in [6.07, 6.45) is 5.28. The summed E-state index contributed by atoms with van der Waals surface area (Å²) in [5.41, 5.74) is 2.47. The van der Waals surface area contributed by atoms with Crippen molar-refractivity contribution in [3.63, 3.8) is 0 Å². The van der Waals surface area contributed by atoms with Crippen LogP contribution in [0.15, 0.2) is 36.4 Å². The highest BCUT2D eigenvalue weighted by Crippen LogP contribution is 2.66. The van der Waals surface area contributed by atoms with Crippen molar-refractivity contribution in [2.24, 2.45) is 11.8 Å². The van der Waals surface area contributed by atoms with Crippen molar-refractivity contribution < 1.29 is 19.7 Å². The molecule has 3 aliphatic carbocycles. The smallest absolute Gasteiger partial charge is 0.254 e. The highest BCUT2D eigenvalue weighted by molar-refractivity contribution is 5.98. The normalized spacial score (nSPS) is 39.0. The predicted octanol–water partition coefficient (Wildman–Crippen LogP) is 2.88. The number of aromatic hydroxyl groups is 1. The Morgan fingerprint density at radius 1 is 1.15 bits per heavy atom. The molecule has 1 saturated heterocycles. The molecule has 0 radical (unpaired) electrons. The average Bonchev–Trinajstić information content (AvgIpc) is 3.48. The number of aliphatic hydroxyl groups is 1. The molecule has 2 saturated carbocycles. The largest absolute Gasteiger partial charge is 0.504 e. The third-order valence-electron chi connectivity index (χ3n) is 9.99. The number of amides is 1. The maximum absolute atomic E-state index is 13.7. The number of phenolic OH excluding ortho intramolecular Hbond substituents is 1. The van der Waals surface area contributed by atoms with Gasteiger partial charge in [0.25, 0.3) is 5.91 Å². The second-order valence-corrected chi connectivity index (χ2v) is 11.6. The van der Waals surface area contributed by atoms with Crippen LogP contribution in [0.1, 0.15) is 59.2 Å². The quantitative estimate of drug-likeness (QED) is 0.659. The Bertz CT molecular complexity index is 1240. The van der Waals surface area contributed by atoms with Crippen molar-refractivity contribution in [2.75, 3.05) is 6.54 Å². The molecule has 3 aliphatic heterocycles. The molecule has 6 aliphatic rings. The minimum atomic E-state index is -0.951. The van der Waals surface area contributed by atoms with Crippen LogP contribution in [0.5, 0.6) is 11.5 Å². The number of carbonyl (C=O) groups is 1. The van der Waals surface area contributed by atoms with Crippen molar-refractivity contribution in [3.8, 4) is 11.5 Å². The monoisotopic (exact) mass is 458 g/mol. The molecule has 3 fully saturated rings. The summed E-state index contributed by atoms with van der Waals surface area (Å²) in [6.45, 7) is 1.39. The Morgan fingerprint density at radius 2 is 2.00 bits per heavy atom. The van der Waals surface area contributed by atoms with Crippen LogP contribution in [0.3, 0.4) is 0 Å². The second kappa shape index (κ2) is 6.35. The molecule has 3 heterocycles. The lowest BCUT2D eigenvalue weighted by atomic mass is 9.46. The van der Waals surface area contributed by atoms with Crippen LogP contribution in [0.25, 0.3) is 0 Å². The van der Waals surface area contributed by atoms with E-state index in [9.17, 15) is 15.0 Å². The minimum absolute atomic E-state index is 0.0375. The Hall–Kier alpha value is -2.57. The van der Waals surface area contributed by atoms with Gasteiger partial charge in [0, 0.05) is 23.7 Å². The number of phenols is 1. The van der Waals surface area contributed by atoms with Crippen molar-refractivity contribution >= 4 is 5.91 Å². The van der Waals surface area contributed by atoms with Gasteiger partial charge in [-0.2, -0.15) is 0 Å². The molecule has 8 rings (SSSR count). The van der Waals surface area contributed by atoms with Gasteiger partial charge in [-0.15, -0.1) is 0 Å². The lowest BCUT2D eigenvalue weighted by Crippen LogP contribution is -2.79. The van der Waals surface area contributed by atoms with Gasteiger partial charge in [0.1, 0.15) is 6.10 Å². The highest BCUT2D eigenvalue weighted by atomic mass is 16.5. The number of hydrogen-bond acceptors (Lipinski definition) is 5. The maximum atomic E-state index is 13.7. The van der Waals surface area contributed by atoms with Crippen LogP contribution in [-0.4, -0.2) is 51.4 Å². The molecule has 2 aromatic rings. The van der Waals surface area contributed by atoms with Gasteiger partial charge in [-0.05, 0) is 67.3 Å². The molecular formula is C28H30N2O4. The summed E-state index contributed by atoms with van der Waals surface area (Å²) in [5.74, 6) is 1.61. The fraction of sp³-hybridized carbons (Fsp3) is 0.536. The topological polar surface area (TPSA) is 82.0 Å². The van der Waals surface area contributed by atoms with E-state index in [-0.39, 0.29) is 35.8 Å². The number of benzene rings is 2. The van der Waals surface area contributed by atoms with E-state index in [0.29, 0.717) is 24.6 Å². The first-order chi connectivity index (χ1) is 16.5. The Morgan fingerprint density at radius 3 is 2.82 bits per heavy atom. The highest BCUT2D eigenvalue weighted by Gasteiger charge is 2.74. The first-order valence-corrected chi connectivity index (χ1v) is 12.9. The van der Waals surface area contributed by atoms with Crippen LogP contribution in [0.4, 0.5) is 0 Å². The summed E-state index contributed by atoms with van der Waals surface area (Å²) < 4.78 is 6.75. The molecular weight excluding hydrogens is 428 g/mol. The Kier molecular flexibility index (Phi) is 3.68. The van der Waals surface area contributed by atoms with Gasteiger partial charge >= 0.3 is 0 Å². The number of ether oxygens (including phenoxy) is 1. The summed E-state index contributed by atoms with van der Waals surface area (Å²) in [7, 11) is 0. The predicted molar refractivity (Wildman–Crippen MR) is 125 cm³/mol. The molecule has 6 heteroatoms. The SMILES string of the molecule is O=C1c2ccccc2CN1[C@@H]1C(CC2CC2)CC2(O)[C@H]3Cc4ccc(O)c5c4[C@@]2(CCN3)[C@H]1O5. The molecule has 176 valence electrons. The fourth-order valence-electron chi connectivity index (χ4n) is 8.48. The zero-order chi connectivity index (χ0) is 22.8. The average molecular weight is 459 g/mol. The third-order valence-corrected chi connectivity index (χ3v) is 9.99. The third kappa shape index (κ3) is 2.22. The van der Waals surface area contributed by atoms with Gasteiger partial charge in [-0.1, -0.05) is 37.1 Å². The Balaban J connectivity index is 1.32. The first-order valence-electron chi connectivity index (χ1n) is 12.9. The van der Waals surface area contributed by atoms with Crippen molar-refractivity contribution in [3.05, 3.63) is 58.7 Å². The van der Waals surface area contributed by atoms with E-state index in [4.69, 9.17) is 4.74 Å². The van der Waals surface area contributed by atoms with E-state index < -0.39 is 11.0 Å². The van der Waals surface area contributed by atoms with Crippen molar-refractivity contribution in [1.29, 1.82) is 0 Å². The van der Waals surface area contributed by atoms with E-state index in [0.717, 1.165) is 48.1 Å². The van der Waals surface area contributed by atoms with E-state index in [1.54, 1.807) is 6.07 Å².